The number of nitrogens with one attached hydrogen (secondary N) is 2. The van der Waals surface area contributed by atoms with Crippen molar-refractivity contribution < 1.29 is 4.79 Å². The molecule has 0 aromatic rings. The Labute approximate surface area is 135 Å². The van der Waals surface area contributed by atoms with Crippen LogP contribution in [-0.2, 0) is 4.79 Å². The Morgan fingerprint density at radius 1 is 1.24 bits per heavy atom. The molecule has 2 rings (SSSR count). The number of carbonyl (C=O) groups is 1. The third-order valence-corrected chi connectivity index (χ3v) is 4.64. The molecule has 0 saturated carbocycles. The third-order valence-electron chi connectivity index (χ3n) is 4.64. The summed E-state index contributed by atoms with van der Waals surface area (Å²) in [4.78, 5) is 14.2. The number of hydrogen-bond donors (Lipinski definition) is 2. The summed E-state index contributed by atoms with van der Waals surface area (Å²) in [6.07, 6.45) is 6.83. The van der Waals surface area contributed by atoms with Gasteiger partial charge >= 0.3 is 0 Å². The normalized spacial score (nSPS) is 24.3. The number of halogens is 1. The molecule has 1 unspecified atom stereocenters. The predicted molar refractivity (Wildman–Crippen MR) is 89.9 cm³/mol. The molecule has 2 fully saturated rings. The van der Waals surface area contributed by atoms with E-state index in [0.29, 0.717) is 12.3 Å². The van der Waals surface area contributed by atoms with Crippen LogP contribution >= 0.6 is 12.4 Å². The van der Waals surface area contributed by atoms with Crippen LogP contribution in [0, 0.1) is 11.8 Å². The Hall–Kier alpha value is -0.320. The van der Waals surface area contributed by atoms with E-state index in [-0.39, 0.29) is 18.3 Å². The molecule has 2 aliphatic heterocycles. The van der Waals surface area contributed by atoms with Crippen molar-refractivity contribution in [3.8, 4) is 0 Å². The molecule has 2 heterocycles. The molecule has 4 nitrogen and oxygen atoms in total. The van der Waals surface area contributed by atoms with Gasteiger partial charge < -0.3 is 15.5 Å². The number of likely N-dealkylation sites (tertiary alicyclic amines) is 1. The predicted octanol–water partition coefficient (Wildman–Crippen LogP) is 2.04. The van der Waals surface area contributed by atoms with Crippen molar-refractivity contribution in [3.63, 3.8) is 0 Å². The second-order valence-corrected chi connectivity index (χ2v) is 6.52. The zero-order chi connectivity index (χ0) is 14.2. The van der Waals surface area contributed by atoms with E-state index in [9.17, 15) is 4.79 Å². The highest BCUT2D eigenvalue weighted by Crippen LogP contribution is 2.20. The second kappa shape index (κ2) is 10.4. The first kappa shape index (κ1) is 18.7. The fourth-order valence-corrected chi connectivity index (χ4v) is 3.49. The molecule has 0 spiro atoms. The third kappa shape index (κ3) is 6.98. The molecule has 0 bridgehead atoms. The molecule has 2 N–H and O–H groups in total. The number of carbonyl (C=O) groups excluding carboxylic acids is 1. The lowest BCUT2D eigenvalue weighted by molar-refractivity contribution is -0.121. The Balaban J connectivity index is 0.00000220. The average Bonchev–Trinajstić information content (AvgIpc) is 2.47. The summed E-state index contributed by atoms with van der Waals surface area (Å²) in [5.74, 6) is 1.76. The number of nitrogens with zero attached hydrogens (tertiary/aromatic N) is 1. The molecule has 5 heteroatoms. The van der Waals surface area contributed by atoms with E-state index in [1.54, 1.807) is 0 Å². The summed E-state index contributed by atoms with van der Waals surface area (Å²) in [6, 6.07) is 0. The van der Waals surface area contributed by atoms with Crippen molar-refractivity contribution in [1.82, 2.24) is 15.5 Å². The fraction of sp³-hybridized carbons (Fsp3) is 0.938. The largest absolute Gasteiger partial charge is 0.356 e. The summed E-state index contributed by atoms with van der Waals surface area (Å²) in [5, 5.41) is 6.54. The lowest BCUT2D eigenvalue weighted by Gasteiger charge is -2.36. The van der Waals surface area contributed by atoms with E-state index >= 15 is 0 Å². The monoisotopic (exact) mass is 317 g/mol. The van der Waals surface area contributed by atoms with Gasteiger partial charge in [0.15, 0.2) is 0 Å². The van der Waals surface area contributed by atoms with Gasteiger partial charge in [0.2, 0.25) is 5.91 Å². The van der Waals surface area contributed by atoms with Gasteiger partial charge in [0, 0.05) is 26.1 Å². The van der Waals surface area contributed by atoms with Gasteiger partial charge in [0.1, 0.15) is 0 Å². The molecule has 2 aliphatic rings. The Bertz CT molecular complexity index is 295. The first-order chi connectivity index (χ1) is 9.78. The van der Waals surface area contributed by atoms with E-state index in [1.165, 1.54) is 58.4 Å². The standard InChI is InChI=1S/C16H31N3O.ClH/c1-2-4-16(20)18-11-15-5-3-10-19(13-15)12-14-6-8-17-9-7-14;/h14-15,17H,2-13H2,1H3,(H,18,20);1H. The molecular weight excluding hydrogens is 286 g/mol. The second-order valence-electron chi connectivity index (χ2n) is 6.52. The van der Waals surface area contributed by atoms with Crippen molar-refractivity contribution in [2.45, 2.75) is 45.4 Å². The van der Waals surface area contributed by atoms with Crippen LogP contribution in [0.3, 0.4) is 0 Å². The van der Waals surface area contributed by atoms with E-state index in [1.807, 2.05) is 0 Å². The van der Waals surface area contributed by atoms with Crippen LogP contribution < -0.4 is 10.6 Å². The lowest BCUT2D eigenvalue weighted by atomic mass is 9.93. The van der Waals surface area contributed by atoms with Gasteiger partial charge in [-0.2, -0.15) is 0 Å². The van der Waals surface area contributed by atoms with E-state index in [0.717, 1.165) is 18.9 Å². The minimum absolute atomic E-state index is 0. The fourth-order valence-electron chi connectivity index (χ4n) is 3.49. The van der Waals surface area contributed by atoms with Crippen molar-refractivity contribution in [2.24, 2.45) is 11.8 Å². The quantitative estimate of drug-likeness (QED) is 0.788. The van der Waals surface area contributed by atoms with Gasteiger partial charge in [-0.3, -0.25) is 4.79 Å². The van der Waals surface area contributed by atoms with Gasteiger partial charge in [-0.15, -0.1) is 12.4 Å². The van der Waals surface area contributed by atoms with Crippen LogP contribution in [0.2, 0.25) is 0 Å². The van der Waals surface area contributed by atoms with Crippen LogP contribution in [0.1, 0.15) is 45.4 Å². The number of hydrogen-bond acceptors (Lipinski definition) is 3. The first-order valence-corrected chi connectivity index (χ1v) is 8.47. The van der Waals surface area contributed by atoms with Crippen molar-refractivity contribution in [1.29, 1.82) is 0 Å². The molecule has 1 atom stereocenters. The summed E-state index contributed by atoms with van der Waals surface area (Å²) in [5.41, 5.74) is 0. The van der Waals surface area contributed by atoms with Crippen molar-refractivity contribution in [3.05, 3.63) is 0 Å². The summed E-state index contributed by atoms with van der Waals surface area (Å²) < 4.78 is 0. The molecule has 0 aromatic carbocycles. The summed E-state index contributed by atoms with van der Waals surface area (Å²) in [7, 11) is 0. The maximum Gasteiger partial charge on any atom is 0.219 e. The topological polar surface area (TPSA) is 44.4 Å². The minimum Gasteiger partial charge on any atom is -0.356 e. The van der Waals surface area contributed by atoms with E-state index in [2.05, 4.69) is 22.5 Å². The van der Waals surface area contributed by atoms with Gasteiger partial charge in [-0.1, -0.05) is 6.92 Å². The van der Waals surface area contributed by atoms with Gasteiger partial charge in [0.05, 0.1) is 0 Å². The van der Waals surface area contributed by atoms with Crippen molar-refractivity contribution >= 4 is 18.3 Å². The van der Waals surface area contributed by atoms with Gasteiger partial charge in [-0.05, 0) is 63.6 Å². The van der Waals surface area contributed by atoms with Crippen molar-refractivity contribution in [2.75, 3.05) is 39.3 Å². The van der Waals surface area contributed by atoms with Gasteiger partial charge in [-0.25, -0.2) is 0 Å². The molecule has 124 valence electrons. The zero-order valence-electron chi connectivity index (χ0n) is 13.4. The van der Waals surface area contributed by atoms with E-state index in [4.69, 9.17) is 0 Å². The zero-order valence-corrected chi connectivity index (χ0v) is 14.2. The summed E-state index contributed by atoms with van der Waals surface area (Å²) in [6.45, 7) is 9.01. The Morgan fingerprint density at radius 3 is 2.71 bits per heavy atom. The molecule has 21 heavy (non-hydrogen) atoms. The van der Waals surface area contributed by atoms with E-state index < -0.39 is 0 Å². The van der Waals surface area contributed by atoms with Gasteiger partial charge in [0.25, 0.3) is 0 Å². The molecule has 2 saturated heterocycles. The molecule has 1 amide bonds. The smallest absolute Gasteiger partial charge is 0.219 e. The average molecular weight is 318 g/mol. The van der Waals surface area contributed by atoms with Crippen LogP contribution in [0.5, 0.6) is 0 Å². The van der Waals surface area contributed by atoms with Crippen LogP contribution in [0.15, 0.2) is 0 Å². The lowest BCUT2D eigenvalue weighted by Crippen LogP contribution is -2.44. The highest BCUT2D eigenvalue weighted by molar-refractivity contribution is 5.85. The van der Waals surface area contributed by atoms with Crippen LogP contribution in [0.4, 0.5) is 0 Å². The first-order valence-electron chi connectivity index (χ1n) is 8.47. The minimum atomic E-state index is 0. The molecular formula is C16H32ClN3O. The number of piperidine rings is 2. The number of amides is 1. The summed E-state index contributed by atoms with van der Waals surface area (Å²) >= 11 is 0. The number of rotatable bonds is 6. The Morgan fingerprint density at radius 2 is 2.00 bits per heavy atom. The molecule has 0 aromatic heterocycles. The maximum absolute atomic E-state index is 11.6. The molecule has 0 aliphatic carbocycles. The highest BCUT2D eigenvalue weighted by atomic mass is 35.5. The SMILES string of the molecule is CCCC(=O)NCC1CCCN(CC2CCNCC2)C1.Cl. The van der Waals surface area contributed by atoms with Crippen LogP contribution in [-0.4, -0.2) is 50.1 Å². The molecule has 0 radical (unpaired) electrons. The maximum atomic E-state index is 11.6. The van der Waals surface area contributed by atoms with Crippen LogP contribution in [0.25, 0.3) is 0 Å². The highest BCUT2D eigenvalue weighted by Gasteiger charge is 2.23. The Kier molecular flexibility index (Phi) is 9.29.